The van der Waals surface area contributed by atoms with Crippen LogP contribution in [0.4, 0.5) is 0 Å². The molecule has 6 heteroatoms. The van der Waals surface area contributed by atoms with Gasteiger partial charge in [0.15, 0.2) is 6.10 Å². The van der Waals surface area contributed by atoms with Gasteiger partial charge in [-0.2, -0.15) is 0 Å². The van der Waals surface area contributed by atoms with Crippen molar-refractivity contribution in [1.82, 2.24) is 0 Å². The van der Waals surface area contributed by atoms with Crippen LogP contribution in [0.15, 0.2) is 36.5 Å². The molecule has 0 fully saturated rings. The molecule has 0 rings (SSSR count). The van der Waals surface area contributed by atoms with E-state index in [1.807, 2.05) is 0 Å². The molecule has 0 amide bonds. The van der Waals surface area contributed by atoms with E-state index in [2.05, 4.69) is 57.2 Å². The van der Waals surface area contributed by atoms with Crippen molar-refractivity contribution < 1.29 is 28.6 Å². The summed E-state index contributed by atoms with van der Waals surface area (Å²) in [4.78, 5) is 38.4. The third kappa shape index (κ3) is 68.4. The van der Waals surface area contributed by atoms with Gasteiger partial charge in [-0.05, 0) is 70.6 Å². The first-order valence-corrected chi connectivity index (χ1v) is 37.0. The average Bonchev–Trinajstić information content (AvgIpc) is 3.47. The molecule has 1 atom stereocenters. The van der Waals surface area contributed by atoms with Gasteiger partial charge in [0, 0.05) is 19.3 Å². The second-order valence-corrected chi connectivity index (χ2v) is 25.2. The van der Waals surface area contributed by atoms with E-state index < -0.39 is 6.10 Å². The first kappa shape index (κ1) is 79.6. The van der Waals surface area contributed by atoms with Crippen LogP contribution in [0.3, 0.4) is 0 Å². The lowest BCUT2D eigenvalue weighted by molar-refractivity contribution is -0.167. The fraction of sp³-hybridized carbons (Fsp3) is 0.882. The van der Waals surface area contributed by atoms with Crippen LogP contribution in [-0.4, -0.2) is 37.2 Å². The molecular formula is C76H142O6. The van der Waals surface area contributed by atoms with Gasteiger partial charge in [-0.1, -0.05) is 359 Å². The zero-order valence-corrected chi connectivity index (χ0v) is 55.5. The minimum absolute atomic E-state index is 0.0721. The Hall–Kier alpha value is -2.37. The molecule has 0 heterocycles. The third-order valence-electron chi connectivity index (χ3n) is 16.8. The second-order valence-electron chi connectivity index (χ2n) is 25.2. The predicted molar refractivity (Wildman–Crippen MR) is 358 cm³/mol. The number of carbonyl (C=O) groups is 3. The van der Waals surface area contributed by atoms with Crippen LogP contribution in [0.1, 0.15) is 412 Å². The number of carbonyl (C=O) groups excluding carboxylic acids is 3. The third-order valence-corrected chi connectivity index (χ3v) is 16.8. The van der Waals surface area contributed by atoms with E-state index in [1.165, 1.54) is 289 Å². The zero-order valence-electron chi connectivity index (χ0n) is 55.5. The van der Waals surface area contributed by atoms with E-state index in [9.17, 15) is 14.4 Å². The van der Waals surface area contributed by atoms with Crippen molar-refractivity contribution in [1.29, 1.82) is 0 Å². The molecule has 0 aromatic carbocycles. The minimum atomic E-state index is -0.778. The zero-order chi connectivity index (χ0) is 59.2. The summed E-state index contributed by atoms with van der Waals surface area (Å²) in [5.41, 5.74) is 0. The van der Waals surface area contributed by atoms with Crippen LogP contribution in [0.2, 0.25) is 0 Å². The molecule has 0 N–H and O–H groups in total. The fourth-order valence-electron chi connectivity index (χ4n) is 11.3. The first-order chi connectivity index (χ1) is 40.5. The van der Waals surface area contributed by atoms with E-state index in [-0.39, 0.29) is 31.1 Å². The molecule has 482 valence electrons. The van der Waals surface area contributed by atoms with Crippen LogP contribution >= 0.6 is 0 Å². The predicted octanol–water partition coefficient (Wildman–Crippen LogP) is 25.5. The highest BCUT2D eigenvalue weighted by Gasteiger charge is 2.19. The summed E-state index contributed by atoms with van der Waals surface area (Å²) < 4.78 is 17.0. The number of ether oxygens (including phenoxy) is 3. The van der Waals surface area contributed by atoms with Gasteiger partial charge in [0.2, 0.25) is 0 Å². The van der Waals surface area contributed by atoms with E-state index >= 15 is 0 Å². The number of hydrogen-bond donors (Lipinski definition) is 0. The van der Waals surface area contributed by atoms with Gasteiger partial charge >= 0.3 is 17.9 Å². The number of esters is 3. The maximum absolute atomic E-state index is 13.0. The molecule has 0 aromatic heterocycles. The summed E-state index contributed by atoms with van der Waals surface area (Å²) in [6.07, 6.45) is 89.1. The largest absolute Gasteiger partial charge is 0.462 e. The quantitative estimate of drug-likeness (QED) is 0.0261. The first-order valence-electron chi connectivity index (χ1n) is 37.0. The van der Waals surface area contributed by atoms with Gasteiger partial charge < -0.3 is 14.2 Å². The molecule has 0 aliphatic heterocycles. The topological polar surface area (TPSA) is 78.9 Å². The standard InChI is InChI=1S/C76H142O6/c1-4-7-10-13-16-19-22-25-27-29-31-33-35-36-37-38-39-41-42-44-46-48-51-54-57-60-63-66-69-75(78)81-72-73(71-80-74(77)68-65-62-59-56-53-50-24-21-18-15-12-9-6-3)82-76(79)70-67-64-61-58-55-52-49-47-45-43-40-34-32-30-28-26-23-20-17-14-11-8-5-2/h12,15,21,24,30,32,73H,4-11,13-14,16-20,22-23,25-29,31,33-72H2,1-3H3/b15-12-,24-21-,32-30-. The summed E-state index contributed by atoms with van der Waals surface area (Å²) in [6, 6.07) is 0. The highest BCUT2D eigenvalue weighted by molar-refractivity contribution is 5.71. The smallest absolute Gasteiger partial charge is 0.306 e. The molecule has 0 aliphatic rings. The lowest BCUT2D eigenvalue weighted by Crippen LogP contribution is -2.30. The Morgan fingerprint density at radius 1 is 0.244 bits per heavy atom. The number of rotatable bonds is 69. The number of allylic oxidation sites excluding steroid dienone is 6. The Bertz CT molecular complexity index is 1370. The van der Waals surface area contributed by atoms with Crippen LogP contribution in [-0.2, 0) is 28.6 Å². The normalized spacial score (nSPS) is 12.2. The van der Waals surface area contributed by atoms with Crippen molar-refractivity contribution in [2.75, 3.05) is 13.2 Å². The maximum atomic E-state index is 13.0. The molecule has 0 bridgehead atoms. The summed E-state index contributed by atoms with van der Waals surface area (Å²) in [5, 5.41) is 0. The van der Waals surface area contributed by atoms with Gasteiger partial charge in [-0.3, -0.25) is 14.4 Å². The molecule has 0 saturated carbocycles. The van der Waals surface area contributed by atoms with Gasteiger partial charge in [-0.15, -0.1) is 0 Å². The Morgan fingerprint density at radius 2 is 0.463 bits per heavy atom. The number of unbranched alkanes of at least 4 members (excludes halogenated alkanes) is 52. The van der Waals surface area contributed by atoms with Crippen LogP contribution in [0.5, 0.6) is 0 Å². The Labute approximate surface area is 512 Å². The molecule has 0 aromatic rings. The maximum Gasteiger partial charge on any atom is 0.306 e. The summed E-state index contributed by atoms with van der Waals surface area (Å²) >= 11 is 0. The molecule has 0 radical (unpaired) electrons. The minimum Gasteiger partial charge on any atom is -0.462 e. The van der Waals surface area contributed by atoms with Crippen molar-refractivity contribution in [3.8, 4) is 0 Å². The molecule has 0 spiro atoms. The van der Waals surface area contributed by atoms with Gasteiger partial charge in [0.05, 0.1) is 0 Å². The van der Waals surface area contributed by atoms with Crippen LogP contribution in [0.25, 0.3) is 0 Å². The Kier molecular flexibility index (Phi) is 69.1. The van der Waals surface area contributed by atoms with E-state index in [1.54, 1.807) is 0 Å². The molecule has 6 nitrogen and oxygen atoms in total. The number of hydrogen-bond acceptors (Lipinski definition) is 6. The molecule has 1 unspecified atom stereocenters. The monoisotopic (exact) mass is 1150 g/mol. The molecular weight excluding hydrogens is 1010 g/mol. The molecule has 82 heavy (non-hydrogen) atoms. The van der Waals surface area contributed by atoms with Crippen molar-refractivity contribution in [3.05, 3.63) is 36.5 Å². The average molecular weight is 1150 g/mol. The van der Waals surface area contributed by atoms with Crippen molar-refractivity contribution >= 4 is 17.9 Å². The highest BCUT2D eigenvalue weighted by Crippen LogP contribution is 2.19. The fourth-order valence-corrected chi connectivity index (χ4v) is 11.3. The molecule has 0 aliphatic carbocycles. The van der Waals surface area contributed by atoms with Crippen molar-refractivity contribution in [2.24, 2.45) is 0 Å². The Morgan fingerprint density at radius 3 is 0.732 bits per heavy atom. The van der Waals surface area contributed by atoms with Gasteiger partial charge in [0.25, 0.3) is 0 Å². The summed E-state index contributed by atoms with van der Waals surface area (Å²) in [5.74, 6) is -0.858. The Balaban J connectivity index is 4.19. The van der Waals surface area contributed by atoms with Gasteiger partial charge in [-0.25, -0.2) is 0 Å². The summed E-state index contributed by atoms with van der Waals surface area (Å²) in [6.45, 7) is 6.64. The summed E-state index contributed by atoms with van der Waals surface area (Å²) in [7, 11) is 0. The van der Waals surface area contributed by atoms with E-state index in [0.29, 0.717) is 19.3 Å². The van der Waals surface area contributed by atoms with Crippen molar-refractivity contribution in [3.63, 3.8) is 0 Å². The van der Waals surface area contributed by atoms with E-state index in [0.717, 1.165) is 83.5 Å². The van der Waals surface area contributed by atoms with E-state index in [4.69, 9.17) is 14.2 Å². The molecule has 0 saturated heterocycles. The SMILES string of the molecule is CCC/C=C\C/C=C\CCCCCCCC(=O)OCC(COC(=O)CCCCCCCCCCCCCCCCCCCCCCCCCCCCCC)OC(=O)CCCCCCCCCCCCC/C=C\CCCCCCCCCC. The highest BCUT2D eigenvalue weighted by atomic mass is 16.6. The second kappa shape index (κ2) is 71.1. The lowest BCUT2D eigenvalue weighted by atomic mass is 10.0. The van der Waals surface area contributed by atoms with Gasteiger partial charge in [0.1, 0.15) is 13.2 Å². The van der Waals surface area contributed by atoms with Crippen LogP contribution in [0, 0.1) is 0 Å². The van der Waals surface area contributed by atoms with Crippen LogP contribution < -0.4 is 0 Å². The van der Waals surface area contributed by atoms with Crippen molar-refractivity contribution in [2.45, 2.75) is 419 Å². The lowest BCUT2D eigenvalue weighted by Gasteiger charge is -2.18.